The minimum atomic E-state index is 0.0460. The Bertz CT molecular complexity index is 850. The number of likely N-dealkylation sites (tertiary alicyclic amines) is 2. The standard InChI is InChI=1S/C31H58N6/c1-13-15-17-23-21(19-28(3,4)36(11)30(23,7)8)25-33-26(35-27(32)34-25)22-20-29(5,6)37(12)31(9,10)24(22)18-16-14-2/h21-24H,13-20H2,1-12H3,(H2,32,33,34,35). The molecule has 3 rings (SSSR count). The first-order chi connectivity index (χ1) is 17.0. The molecule has 0 aliphatic carbocycles. The van der Waals surface area contributed by atoms with Crippen molar-refractivity contribution in [3.63, 3.8) is 0 Å². The molecule has 2 fully saturated rings. The number of piperidine rings is 2. The van der Waals surface area contributed by atoms with Gasteiger partial charge in [-0.05, 0) is 107 Å². The molecule has 0 amide bonds. The van der Waals surface area contributed by atoms with Gasteiger partial charge in [0.2, 0.25) is 5.95 Å². The summed E-state index contributed by atoms with van der Waals surface area (Å²) in [5.74, 6) is 3.76. The number of nitrogens with two attached hydrogens (primary N) is 1. The quantitative estimate of drug-likeness (QED) is 0.402. The van der Waals surface area contributed by atoms with Crippen LogP contribution in [0.3, 0.4) is 0 Å². The van der Waals surface area contributed by atoms with Crippen molar-refractivity contribution in [1.29, 1.82) is 0 Å². The fourth-order valence-corrected chi connectivity index (χ4v) is 7.94. The van der Waals surface area contributed by atoms with Crippen molar-refractivity contribution >= 4 is 5.95 Å². The maximum absolute atomic E-state index is 6.51. The number of rotatable bonds is 8. The number of hydrogen-bond acceptors (Lipinski definition) is 6. The van der Waals surface area contributed by atoms with Crippen molar-refractivity contribution in [3.05, 3.63) is 11.6 Å². The monoisotopic (exact) mass is 514 g/mol. The molecule has 2 saturated heterocycles. The summed E-state index contributed by atoms with van der Waals surface area (Å²) in [5.41, 5.74) is 6.71. The predicted molar refractivity (Wildman–Crippen MR) is 157 cm³/mol. The van der Waals surface area contributed by atoms with E-state index in [1.54, 1.807) is 0 Å². The van der Waals surface area contributed by atoms with E-state index in [0.717, 1.165) is 24.5 Å². The Kier molecular flexibility index (Phi) is 8.77. The lowest BCUT2D eigenvalue weighted by atomic mass is 9.64. The fraction of sp³-hybridized carbons (Fsp3) is 0.903. The number of hydrogen-bond donors (Lipinski definition) is 1. The van der Waals surface area contributed by atoms with Crippen molar-refractivity contribution in [2.24, 2.45) is 11.8 Å². The van der Waals surface area contributed by atoms with Crippen LogP contribution in [0.25, 0.3) is 0 Å². The molecule has 0 aromatic carbocycles. The van der Waals surface area contributed by atoms with Crippen molar-refractivity contribution in [2.75, 3.05) is 19.8 Å². The van der Waals surface area contributed by atoms with Gasteiger partial charge in [-0.2, -0.15) is 9.97 Å². The van der Waals surface area contributed by atoms with Crippen LogP contribution >= 0.6 is 0 Å². The van der Waals surface area contributed by atoms with Gasteiger partial charge in [0.1, 0.15) is 11.6 Å². The van der Waals surface area contributed by atoms with E-state index in [-0.39, 0.29) is 34.0 Å². The largest absolute Gasteiger partial charge is 0.368 e. The number of anilines is 1. The van der Waals surface area contributed by atoms with Crippen LogP contribution in [0.2, 0.25) is 0 Å². The van der Waals surface area contributed by atoms with Gasteiger partial charge in [0.15, 0.2) is 0 Å². The number of nitrogens with zero attached hydrogens (tertiary/aromatic N) is 5. The molecular formula is C31H58N6. The Morgan fingerprint density at radius 2 is 1.03 bits per heavy atom. The molecule has 37 heavy (non-hydrogen) atoms. The first kappa shape index (κ1) is 30.3. The summed E-state index contributed by atoms with van der Waals surface area (Å²) in [6.07, 6.45) is 9.30. The number of nitrogen functional groups attached to an aromatic ring is 1. The van der Waals surface area contributed by atoms with Crippen LogP contribution in [0.4, 0.5) is 5.95 Å². The Labute approximate surface area is 228 Å². The average Bonchev–Trinajstić information content (AvgIpc) is 2.79. The highest BCUT2D eigenvalue weighted by Gasteiger charge is 2.53. The molecule has 1 aromatic rings. The molecule has 0 spiro atoms. The van der Waals surface area contributed by atoms with E-state index in [2.05, 4.69) is 93.1 Å². The molecule has 0 saturated carbocycles. The lowest BCUT2D eigenvalue weighted by molar-refractivity contribution is -0.0643. The zero-order chi connectivity index (χ0) is 28.0. The van der Waals surface area contributed by atoms with Gasteiger partial charge in [-0.3, -0.25) is 9.80 Å². The van der Waals surface area contributed by atoms with E-state index >= 15 is 0 Å². The fourth-order valence-electron chi connectivity index (χ4n) is 7.94. The molecule has 2 aliphatic rings. The van der Waals surface area contributed by atoms with E-state index in [9.17, 15) is 0 Å². The molecule has 6 nitrogen and oxygen atoms in total. The highest BCUT2D eigenvalue weighted by atomic mass is 15.3. The molecule has 4 unspecified atom stereocenters. The van der Waals surface area contributed by atoms with Gasteiger partial charge < -0.3 is 5.73 Å². The first-order valence-electron chi connectivity index (χ1n) is 15.0. The van der Waals surface area contributed by atoms with Crippen molar-refractivity contribution < 1.29 is 0 Å². The van der Waals surface area contributed by atoms with E-state index in [1.807, 2.05) is 0 Å². The first-order valence-corrected chi connectivity index (χ1v) is 15.0. The summed E-state index contributed by atoms with van der Waals surface area (Å²) < 4.78 is 0. The van der Waals surface area contributed by atoms with E-state index in [0.29, 0.717) is 17.8 Å². The SMILES string of the molecule is CCCCC1C(c2nc(N)nc(C3CC(C)(C)N(C)C(C)(C)C3CCCC)n2)CC(C)(C)N(C)C1(C)C. The summed E-state index contributed by atoms with van der Waals surface area (Å²) in [6.45, 7) is 23.7. The molecular weight excluding hydrogens is 456 g/mol. The highest BCUT2D eigenvalue weighted by molar-refractivity contribution is 5.24. The predicted octanol–water partition coefficient (Wildman–Crippen LogP) is 7.02. The second-order valence-corrected chi connectivity index (χ2v) is 14.6. The van der Waals surface area contributed by atoms with Gasteiger partial charge in [-0.1, -0.05) is 39.5 Å². The summed E-state index contributed by atoms with van der Waals surface area (Å²) in [5, 5.41) is 0. The van der Waals surface area contributed by atoms with Gasteiger partial charge in [0.05, 0.1) is 0 Å². The average molecular weight is 515 g/mol. The molecule has 2 aliphatic heterocycles. The van der Waals surface area contributed by atoms with Gasteiger partial charge >= 0.3 is 0 Å². The second kappa shape index (κ2) is 10.7. The van der Waals surface area contributed by atoms with Crippen LogP contribution in [0, 0.1) is 11.8 Å². The second-order valence-electron chi connectivity index (χ2n) is 14.6. The molecule has 0 bridgehead atoms. The minimum absolute atomic E-state index is 0.0460. The van der Waals surface area contributed by atoms with Crippen LogP contribution < -0.4 is 5.73 Å². The van der Waals surface area contributed by atoms with Gasteiger partial charge in [-0.25, -0.2) is 4.98 Å². The van der Waals surface area contributed by atoms with Crippen LogP contribution in [0.15, 0.2) is 0 Å². The number of aromatic nitrogens is 3. The van der Waals surface area contributed by atoms with E-state index < -0.39 is 0 Å². The Balaban J connectivity index is 2.11. The van der Waals surface area contributed by atoms with Crippen LogP contribution in [-0.4, -0.2) is 61.0 Å². The zero-order valence-electron chi connectivity index (χ0n) is 26.3. The van der Waals surface area contributed by atoms with Crippen molar-refractivity contribution in [1.82, 2.24) is 24.8 Å². The van der Waals surface area contributed by atoms with Gasteiger partial charge in [0.25, 0.3) is 0 Å². The normalized spacial score (nSPS) is 31.4. The zero-order valence-corrected chi connectivity index (χ0v) is 26.3. The van der Waals surface area contributed by atoms with Gasteiger partial charge in [0, 0.05) is 34.0 Å². The Morgan fingerprint density at radius 3 is 1.35 bits per heavy atom. The van der Waals surface area contributed by atoms with Crippen molar-refractivity contribution in [3.8, 4) is 0 Å². The lowest BCUT2D eigenvalue weighted by Crippen LogP contribution is -2.63. The third kappa shape index (κ3) is 5.71. The maximum Gasteiger partial charge on any atom is 0.223 e. The summed E-state index contributed by atoms with van der Waals surface area (Å²) in [7, 11) is 4.59. The topological polar surface area (TPSA) is 71.2 Å². The molecule has 2 N–H and O–H groups in total. The third-order valence-corrected chi connectivity index (χ3v) is 10.9. The molecule has 6 heteroatoms. The third-order valence-electron chi connectivity index (χ3n) is 10.9. The van der Waals surface area contributed by atoms with Gasteiger partial charge in [-0.15, -0.1) is 0 Å². The van der Waals surface area contributed by atoms with E-state index in [1.165, 1.54) is 38.5 Å². The summed E-state index contributed by atoms with van der Waals surface area (Å²) in [6, 6.07) is 0. The van der Waals surface area contributed by atoms with Crippen LogP contribution in [-0.2, 0) is 0 Å². The molecule has 0 radical (unpaired) electrons. The Morgan fingerprint density at radius 1 is 0.676 bits per heavy atom. The molecule has 3 heterocycles. The van der Waals surface area contributed by atoms with E-state index in [4.69, 9.17) is 20.7 Å². The molecule has 1 aromatic heterocycles. The Hall–Kier alpha value is -1.27. The number of unbranched alkanes of at least 4 members (excludes halogenated alkanes) is 2. The molecule has 4 atom stereocenters. The highest BCUT2D eigenvalue weighted by Crippen LogP contribution is 2.52. The van der Waals surface area contributed by atoms with Crippen LogP contribution in [0.1, 0.15) is 144 Å². The summed E-state index contributed by atoms with van der Waals surface area (Å²) in [4.78, 5) is 20.3. The smallest absolute Gasteiger partial charge is 0.223 e. The maximum atomic E-state index is 6.51. The van der Waals surface area contributed by atoms with Crippen molar-refractivity contribution in [2.45, 2.75) is 155 Å². The summed E-state index contributed by atoms with van der Waals surface area (Å²) >= 11 is 0. The minimum Gasteiger partial charge on any atom is -0.368 e. The van der Waals surface area contributed by atoms with Crippen LogP contribution in [0.5, 0.6) is 0 Å². The lowest BCUT2D eigenvalue weighted by Gasteiger charge is -2.58. The molecule has 212 valence electrons.